The molecule has 0 aliphatic rings. The second kappa shape index (κ2) is 4.76. The van der Waals surface area contributed by atoms with E-state index in [0.29, 0.717) is 0 Å². The Hall–Kier alpha value is 0.460. The second-order valence-corrected chi connectivity index (χ2v) is 6.81. The van der Waals surface area contributed by atoms with Crippen LogP contribution in [0.15, 0.2) is 15.7 Å². The Labute approximate surface area is 111 Å². The van der Waals surface area contributed by atoms with Crippen molar-refractivity contribution in [3.63, 3.8) is 0 Å². The van der Waals surface area contributed by atoms with Crippen LogP contribution < -0.4 is 0 Å². The lowest BCUT2D eigenvalue weighted by molar-refractivity contribution is 0.149. The Bertz CT molecular complexity index is 473. The molecule has 0 aromatic carbocycles. The van der Waals surface area contributed by atoms with E-state index in [1.165, 1.54) is 0 Å². The minimum Gasteiger partial charge on any atom is -0.227 e. The minimum atomic E-state index is -4.01. The van der Waals surface area contributed by atoms with Crippen molar-refractivity contribution in [2.75, 3.05) is 0 Å². The summed E-state index contributed by atoms with van der Waals surface area (Å²) >= 11 is 4.37. The van der Waals surface area contributed by atoms with E-state index in [1.54, 1.807) is 22.6 Å². The molecule has 0 aliphatic heterocycles. The summed E-state index contributed by atoms with van der Waals surface area (Å²) in [4.78, 5) is 3.44. The van der Waals surface area contributed by atoms with Crippen molar-refractivity contribution >= 4 is 58.3 Å². The number of aromatic nitrogens is 1. The quantitative estimate of drug-likeness (QED) is 0.409. The summed E-state index contributed by atoms with van der Waals surface area (Å²) in [5.74, 6) is 0. The zero-order chi connectivity index (χ0) is 11.8. The molecule has 0 aliphatic carbocycles. The molecular formula is C6H2BrClF2INO2S. The molecule has 0 spiro atoms. The van der Waals surface area contributed by atoms with E-state index < -0.39 is 20.5 Å². The standard InChI is InChI=1S/C6H2BrClF2INO2S/c7-5-4(6(9)10)2(11)1-3(12-5)15(8,13)14/h1,6H. The van der Waals surface area contributed by atoms with Gasteiger partial charge in [0.05, 0.1) is 5.56 Å². The van der Waals surface area contributed by atoms with E-state index in [1.807, 2.05) is 0 Å². The number of hydrogen-bond acceptors (Lipinski definition) is 3. The number of halogens is 5. The van der Waals surface area contributed by atoms with Crippen LogP contribution in [0.3, 0.4) is 0 Å². The summed E-state index contributed by atoms with van der Waals surface area (Å²) in [7, 11) is 1.02. The van der Waals surface area contributed by atoms with Gasteiger partial charge in [0.15, 0.2) is 5.03 Å². The summed E-state index contributed by atoms with van der Waals surface area (Å²) in [5.41, 5.74) is -0.348. The molecule has 84 valence electrons. The lowest BCUT2D eigenvalue weighted by Crippen LogP contribution is -2.01. The van der Waals surface area contributed by atoms with Crippen LogP contribution in [-0.4, -0.2) is 13.4 Å². The molecule has 0 N–H and O–H groups in total. The Balaban J connectivity index is 3.45. The first-order valence-corrected chi connectivity index (χ1v) is 7.50. The maximum Gasteiger partial charge on any atom is 0.278 e. The minimum absolute atomic E-state index is 0.0868. The molecular weight excluding hydrogens is 430 g/mol. The number of hydrogen-bond donors (Lipinski definition) is 0. The van der Waals surface area contributed by atoms with Gasteiger partial charge in [0.1, 0.15) is 4.60 Å². The van der Waals surface area contributed by atoms with Gasteiger partial charge in [-0.25, -0.2) is 22.2 Å². The first-order chi connectivity index (χ1) is 6.73. The fourth-order valence-corrected chi connectivity index (χ4v) is 3.55. The van der Waals surface area contributed by atoms with Gasteiger partial charge in [-0.05, 0) is 44.6 Å². The smallest absolute Gasteiger partial charge is 0.227 e. The van der Waals surface area contributed by atoms with Gasteiger partial charge in [-0.3, -0.25) is 0 Å². The maximum atomic E-state index is 12.5. The van der Waals surface area contributed by atoms with Gasteiger partial charge in [0, 0.05) is 14.3 Å². The van der Waals surface area contributed by atoms with Crippen LogP contribution in [0.25, 0.3) is 0 Å². The summed E-state index contributed by atoms with van der Waals surface area (Å²) in [6.07, 6.45) is -2.73. The molecule has 1 aromatic heterocycles. The lowest BCUT2D eigenvalue weighted by Gasteiger charge is -2.06. The summed E-state index contributed by atoms with van der Waals surface area (Å²) in [5, 5.41) is -0.454. The Kier molecular flexibility index (Phi) is 4.29. The SMILES string of the molecule is O=S(=O)(Cl)c1cc(I)c(C(F)F)c(Br)n1. The third kappa shape index (κ3) is 3.21. The van der Waals surface area contributed by atoms with Crippen LogP contribution in [0.2, 0.25) is 0 Å². The van der Waals surface area contributed by atoms with Gasteiger partial charge in [-0.1, -0.05) is 0 Å². The van der Waals surface area contributed by atoms with Crippen molar-refractivity contribution in [1.29, 1.82) is 0 Å². The van der Waals surface area contributed by atoms with Crippen molar-refractivity contribution in [3.8, 4) is 0 Å². The first-order valence-electron chi connectivity index (χ1n) is 3.32. The average molecular weight is 432 g/mol. The van der Waals surface area contributed by atoms with E-state index in [9.17, 15) is 17.2 Å². The van der Waals surface area contributed by atoms with E-state index in [-0.39, 0.29) is 13.7 Å². The molecule has 15 heavy (non-hydrogen) atoms. The highest BCUT2D eigenvalue weighted by Crippen LogP contribution is 2.32. The van der Waals surface area contributed by atoms with Crippen molar-refractivity contribution in [1.82, 2.24) is 4.98 Å². The zero-order valence-corrected chi connectivity index (χ0v) is 12.0. The van der Waals surface area contributed by atoms with E-state index >= 15 is 0 Å². The lowest BCUT2D eigenvalue weighted by atomic mass is 10.3. The molecule has 0 bridgehead atoms. The molecule has 1 aromatic rings. The zero-order valence-electron chi connectivity index (χ0n) is 6.72. The van der Waals surface area contributed by atoms with Gasteiger partial charge < -0.3 is 0 Å². The van der Waals surface area contributed by atoms with Crippen molar-refractivity contribution in [3.05, 3.63) is 19.8 Å². The van der Waals surface area contributed by atoms with Crippen LogP contribution in [0.1, 0.15) is 12.0 Å². The number of alkyl halides is 2. The largest absolute Gasteiger partial charge is 0.278 e. The van der Waals surface area contributed by atoms with E-state index in [2.05, 4.69) is 20.9 Å². The molecule has 0 radical (unpaired) electrons. The molecule has 0 atom stereocenters. The molecule has 1 heterocycles. The van der Waals surface area contributed by atoms with Crippen LogP contribution in [0.5, 0.6) is 0 Å². The monoisotopic (exact) mass is 431 g/mol. The summed E-state index contributed by atoms with van der Waals surface area (Å²) in [6.45, 7) is 0. The molecule has 0 saturated carbocycles. The van der Waals surface area contributed by atoms with Crippen molar-refractivity contribution in [2.45, 2.75) is 11.5 Å². The molecule has 0 amide bonds. The van der Waals surface area contributed by atoms with E-state index in [4.69, 9.17) is 10.7 Å². The van der Waals surface area contributed by atoms with Gasteiger partial charge in [-0.15, -0.1) is 0 Å². The van der Waals surface area contributed by atoms with Crippen molar-refractivity contribution in [2.24, 2.45) is 0 Å². The van der Waals surface area contributed by atoms with Crippen molar-refractivity contribution < 1.29 is 17.2 Å². The predicted molar refractivity (Wildman–Crippen MR) is 62.6 cm³/mol. The molecule has 0 saturated heterocycles. The summed E-state index contributed by atoms with van der Waals surface area (Å²) in [6, 6.07) is 0.995. The topological polar surface area (TPSA) is 47.0 Å². The Morgan fingerprint density at radius 1 is 1.53 bits per heavy atom. The molecule has 9 heteroatoms. The first kappa shape index (κ1) is 13.5. The van der Waals surface area contributed by atoms with Crippen LogP contribution in [0, 0.1) is 3.57 Å². The fourth-order valence-electron chi connectivity index (χ4n) is 0.793. The fraction of sp³-hybridized carbons (Fsp3) is 0.167. The van der Waals surface area contributed by atoms with Crippen LogP contribution in [0.4, 0.5) is 8.78 Å². The molecule has 1 rings (SSSR count). The van der Waals surface area contributed by atoms with Gasteiger partial charge in [0.2, 0.25) is 0 Å². The summed E-state index contributed by atoms with van der Waals surface area (Å²) < 4.78 is 46.6. The van der Waals surface area contributed by atoms with Gasteiger partial charge in [-0.2, -0.15) is 0 Å². The van der Waals surface area contributed by atoms with Gasteiger partial charge in [0.25, 0.3) is 15.5 Å². The highest BCUT2D eigenvalue weighted by molar-refractivity contribution is 14.1. The highest BCUT2D eigenvalue weighted by atomic mass is 127. The van der Waals surface area contributed by atoms with Crippen LogP contribution in [-0.2, 0) is 9.05 Å². The predicted octanol–water partition coefficient (Wildman–Crippen LogP) is 3.31. The third-order valence-electron chi connectivity index (χ3n) is 1.41. The number of pyridine rings is 1. The normalized spacial score (nSPS) is 12.1. The average Bonchev–Trinajstić information content (AvgIpc) is 1.99. The Morgan fingerprint density at radius 3 is 2.40 bits per heavy atom. The Morgan fingerprint density at radius 2 is 2.07 bits per heavy atom. The van der Waals surface area contributed by atoms with Crippen LogP contribution >= 0.6 is 49.2 Å². The molecule has 0 unspecified atom stereocenters. The molecule has 3 nitrogen and oxygen atoms in total. The maximum absolute atomic E-state index is 12.5. The molecule has 0 fully saturated rings. The van der Waals surface area contributed by atoms with E-state index in [0.717, 1.165) is 6.07 Å². The number of rotatable bonds is 2. The van der Waals surface area contributed by atoms with Gasteiger partial charge >= 0.3 is 0 Å². The second-order valence-electron chi connectivity index (χ2n) is 2.39. The number of nitrogens with zero attached hydrogens (tertiary/aromatic N) is 1. The highest BCUT2D eigenvalue weighted by Gasteiger charge is 2.21. The third-order valence-corrected chi connectivity index (χ3v) is 4.09.